The van der Waals surface area contributed by atoms with Crippen molar-refractivity contribution in [2.75, 3.05) is 12.4 Å². The fourth-order valence-corrected chi connectivity index (χ4v) is 3.14. The summed E-state index contributed by atoms with van der Waals surface area (Å²) in [6.45, 7) is 1.64. The Kier molecular flexibility index (Phi) is 5.78. The summed E-state index contributed by atoms with van der Waals surface area (Å²) >= 11 is 7.18. The molecule has 7 nitrogen and oxygen atoms in total. The van der Waals surface area contributed by atoms with Crippen LogP contribution in [0.1, 0.15) is 17.4 Å². The lowest BCUT2D eigenvalue weighted by Crippen LogP contribution is -2.30. The van der Waals surface area contributed by atoms with Gasteiger partial charge in [0.1, 0.15) is 11.4 Å². The van der Waals surface area contributed by atoms with Crippen molar-refractivity contribution in [3.63, 3.8) is 0 Å². The predicted molar refractivity (Wildman–Crippen MR) is 103 cm³/mol. The zero-order chi connectivity index (χ0) is 19.4. The monoisotopic (exact) mass is 405 g/mol. The van der Waals surface area contributed by atoms with E-state index >= 15 is 0 Å². The summed E-state index contributed by atoms with van der Waals surface area (Å²) in [7, 11) is 1.31. The predicted octanol–water partition coefficient (Wildman–Crippen LogP) is 3.98. The van der Waals surface area contributed by atoms with Gasteiger partial charge in [-0.1, -0.05) is 17.7 Å². The Balaban J connectivity index is 1.63. The van der Waals surface area contributed by atoms with Gasteiger partial charge in [-0.05, 0) is 31.2 Å². The van der Waals surface area contributed by atoms with E-state index in [1.165, 1.54) is 18.4 Å². The molecule has 0 aliphatic heterocycles. The first-order valence-corrected chi connectivity index (χ1v) is 9.17. The molecule has 140 valence electrons. The van der Waals surface area contributed by atoms with Gasteiger partial charge < -0.3 is 14.5 Å². The number of aromatic amines is 1. The van der Waals surface area contributed by atoms with Crippen LogP contribution in [-0.2, 0) is 9.53 Å². The van der Waals surface area contributed by atoms with Gasteiger partial charge in [-0.25, -0.2) is 9.78 Å². The number of hydrogen-bond donors (Lipinski definition) is 2. The van der Waals surface area contributed by atoms with Crippen LogP contribution in [0.15, 0.2) is 41.9 Å². The molecule has 2 aromatic heterocycles. The number of carbonyl (C=O) groups excluding carboxylic acids is 2. The number of esters is 1. The summed E-state index contributed by atoms with van der Waals surface area (Å²) in [6, 6.07) is 8.47. The van der Waals surface area contributed by atoms with Gasteiger partial charge in [-0.3, -0.25) is 10.1 Å². The van der Waals surface area contributed by atoms with Gasteiger partial charge in [0.05, 0.1) is 12.8 Å². The van der Waals surface area contributed by atoms with Crippen molar-refractivity contribution in [3.05, 3.63) is 52.6 Å². The number of thiazole rings is 1. The molecule has 0 radical (unpaired) electrons. The normalized spacial score (nSPS) is 11.7. The molecule has 9 heteroatoms. The standard InChI is InChI=1S/C18H16ClN3O4S/c1-10(26-13-5-3-4-12(19)7-13)16(23)22-18-21-15(9-27-18)11-6-14(20-8-11)17(24)25-2/h3-10,20H,1-2H3,(H,21,22,23). The average molecular weight is 406 g/mol. The molecule has 0 saturated heterocycles. The number of ether oxygens (including phenoxy) is 2. The topological polar surface area (TPSA) is 93.3 Å². The summed E-state index contributed by atoms with van der Waals surface area (Å²) in [5, 5.41) is 5.45. The maximum absolute atomic E-state index is 12.3. The lowest BCUT2D eigenvalue weighted by molar-refractivity contribution is -0.122. The number of nitrogens with zero attached hydrogens (tertiary/aromatic N) is 1. The van der Waals surface area contributed by atoms with Gasteiger partial charge in [0.2, 0.25) is 0 Å². The lowest BCUT2D eigenvalue weighted by Gasteiger charge is -2.13. The number of methoxy groups -OCH3 is 1. The molecule has 1 aromatic carbocycles. The van der Waals surface area contributed by atoms with Crippen LogP contribution in [0.5, 0.6) is 5.75 Å². The first-order valence-electron chi connectivity index (χ1n) is 7.92. The minimum absolute atomic E-state index is 0.328. The highest BCUT2D eigenvalue weighted by Gasteiger charge is 2.17. The Morgan fingerprint density at radius 3 is 2.89 bits per heavy atom. The van der Waals surface area contributed by atoms with Crippen LogP contribution in [0, 0.1) is 0 Å². The summed E-state index contributed by atoms with van der Waals surface area (Å²) in [6.07, 6.45) is 0.923. The molecule has 0 spiro atoms. The summed E-state index contributed by atoms with van der Waals surface area (Å²) < 4.78 is 10.2. The van der Waals surface area contributed by atoms with Gasteiger partial charge >= 0.3 is 5.97 Å². The molecule has 1 unspecified atom stereocenters. The van der Waals surface area contributed by atoms with E-state index in [9.17, 15) is 9.59 Å². The Hall–Kier alpha value is -2.84. The molecule has 3 rings (SSSR count). The zero-order valence-corrected chi connectivity index (χ0v) is 16.1. The van der Waals surface area contributed by atoms with Crippen molar-refractivity contribution < 1.29 is 19.1 Å². The number of hydrogen-bond acceptors (Lipinski definition) is 6. The molecule has 0 aliphatic rings. The molecular formula is C18H16ClN3O4S. The summed E-state index contributed by atoms with van der Waals surface area (Å²) in [5.74, 6) is -0.287. The summed E-state index contributed by atoms with van der Waals surface area (Å²) in [5.41, 5.74) is 1.68. The highest BCUT2D eigenvalue weighted by molar-refractivity contribution is 7.14. The van der Waals surface area contributed by atoms with E-state index in [1.54, 1.807) is 48.8 Å². The molecule has 1 amide bonds. The van der Waals surface area contributed by atoms with E-state index in [0.29, 0.717) is 27.3 Å². The number of aromatic nitrogens is 2. The minimum atomic E-state index is -0.728. The first-order chi connectivity index (χ1) is 13.0. The molecule has 2 N–H and O–H groups in total. The van der Waals surface area contributed by atoms with Crippen molar-refractivity contribution in [2.45, 2.75) is 13.0 Å². The average Bonchev–Trinajstić information content (AvgIpc) is 3.30. The molecule has 0 saturated carbocycles. The number of H-pyrrole nitrogens is 1. The van der Waals surface area contributed by atoms with Crippen LogP contribution >= 0.6 is 22.9 Å². The van der Waals surface area contributed by atoms with Crippen LogP contribution in [0.3, 0.4) is 0 Å². The van der Waals surface area contributed by atoms with Gasteiger partial charge in [-0.2, -0.15) is 0 Å². The van der Waals surface area contributed by atoms with Crippen LogP contribution in [0.4, 0.5) is 5.13 Å². The van der Waals surface area contributed by atoms with Gasteiger partial charge in [-0.15, -0.1) is 11.3 Å². The Morgan fingerprint density at radius 2 is 2.15 bits per heavy atom. The van der Waals surface area contributed by atoms with E-state index in [0.717, 1.165) is 5.56 Å². The highest BCUT2D eigenvalue weighted by atomic mass is 35.5. The lowest BCUT2D eigenvalue weighted by atomic mass is 10.2. The second-order valence-corrected chi connectivity index (χ2v) is 6.83. The molecule has 0 fully saturated rings. The quantitative estimate of drug-likeness (QED) is 0.605. The van der Waals surface area contributed by atoms with Crippen molar-refractivity contribution in [3.8, 4) is 17.0 Å². The number of anilines is 1. The largest absolute Gasteiger partial charge is 0.481 e. The van der Waals surface area contributed by atoms with Crippen LogP contribution in [-0.4, -0.2) is 35.1 Å². The third-order valence-corrected chi connectivity index (χ3v) is 4.59. The second kappa shape index (κ2) is 8.24. The fraction of sp³-hybridized carbons (Fsp3) is 0.167. The van der Waals surface area contributed by atoms with Crippen LogP contribution in [0.2, 0.25) is 5.02 Å². The van der Waals surface area contributed by atoms with E-state index in [-0.39, 0.29) is 5.91 Å². The van der Waals surface area contributed by atoms with Crippen molar-refractivity contribution in [1.82, 2.24) is 9.97 Å². The van der Waals surface area contributed by atoms with E-state index in [4.69, 9.17) is 16.3 Å². The maximum atomic E-state index is 12.3. The Morgan fingerprint density at radius 1 is 1.33 bits per heavy atom. The molecule has 27 heavy (non-hydrogen) atoms. The number of halogens is 1. The van der Waals surface area contributed by atoms with E-state index < -0.39 is 12.1 Å². The first kappa shape index (κ1) is 18.9. The molecular weight excluding hydrogens is 390 g/mol. The SMILES string of the molecule is COC(=O)c1cc(-c2csc(NC(=O)C(C)Oc3cccc(Cl)c3)n2)c[nH]1. The molecule has 1 atom stereocenters. The highest BCUT2D eigenvalue weighted by Crippen LogP contribution is 2.26. The van der Waals surface area contributed by atoms with E-state index in [1.807, 2.05) is 0 Å². The second-order valence-electron chi connectivity index (χ2n) is 5.54. The zero-order valence-electron chi connectivity index (χ0n) is 14.5. The molecule has 0 aliphatic carbocycles. The Bertz CT molecular complexity index is 969. The third kappa shape index (κ3) is 4.66. The Labute approximate surface area is 164 Å². The fourth-order valence-electron chi connectivity index (χ4n) is 2.24. The van der Waals surface area contributed by atoms with Gasteiger partial charge in [0.15, 0.2) is 11.2 Å². The number of amides is 1. The third-order valence-electron chi connectivity index (χ3n) is 3.60. The van der Waals surface area contributed by atoms with Crippen molar-refractivity contribution in [1.29, 1.82) is 0 Å². The van der Waals surface area contributed by atoms with Crippen LogP contribution < -0.4 is 10.1 Å². The van der Waals surface area contributed by atoms with Crippen molar-refractivity contribution in [2.24, 2.45) is 0 Å². The van der Waals surface area contributed by atoms with E-state index in [2.05, 4.69) is 20.0 Å². The van der Waals surface area contributed by atoms with Crippen LogP contribution in [0.25, 0.3) is 11.3 Å². The number of benzene rings is 1. The minimum Gasteiger partial charge on any atom is -0.481 e. The number of nitrogens with one attached hydrogen (secondary N) is 2. The molecule has 2 heterocycles. The number of carbonyl (C=O) groups is 2. The molecule has 3 aromatic rings. The maximum Gasteiger partial charge on any atom is 0.354 e. The van der Waals surface area contributed by atoms with Gasteiger partial charge in [0, 0.05) is 22.2 Å². The van der Waals surface area contributed by atoms with Crippen molar-refractivity contribution >= 4 is 39.9 Å². The smallest absolute Gasteiger partial charge is 0.354 e. The number of rotatable bonds is 6. The van der Waals surface area contributed by atoms with Gasteiger partial charge in [0.25, 0.3) is 5.91 Å². The summed E-state index contributed by atoms with van der Waals surface area (Å²) in [4.78, 5) is 31.0. The molecule has 0 bridgehead atoms.